The molecule has 0 unspecified atom stereocenters. The molecule has 3 aromatic rings. The molecular formula is C18H13N5O8. The van der Waals surface area contributed by atoms with Crippen LogP contribution >= 0.6 is 0 Å². The maximum atomic E-state index is 11.7. The van der Waals surface area contributed by atoms with E-state index in [1.165, 1.54) is 55.8 Å². The van der Waals surface area contributed by atoms with Crippen LogP contribution in [0.2, 0.25) is 0 Å². The van der Waals surface area contributed by atoms with Crippen LogP contribution in [0.4, 0.5) is 11.4 Å². The van der Waals surface area contributed by atoms with Gasteiger partial charge in [0.05, 0.1) is 17.0 Å². The summed E-state index contributed by atoms with van der Waals surface area (Å²) in [5.41, 5.74) is -3.00. The highest BCUT2D eigenvalue weighted by Gasteiger charge is 2.20. The van der Waals surface area contributed by atoms with Crippen molar-refractivity contribution in [1.82, 2.24) is 15.0 Å². The van der Waals surface area contributed by atoms with E-state index in [0.29, 0.717) is 5.56 Å². The third-order valence-electron chi connectivity index (χ3n) is 3.91. The van der Waals surface area contributed by atoms with Crippen LogP contribution in [-0.2, 0) is 0 Å². The van der Waals surface area contributed by atoms with Crippen molar-refractivity contribution in [2.24, 2.45) is 0 Å². The largest absolute Gasteiger partial charge is 0.493 e. The number of ether oxygens (including phenoxy) is 2. The third-order valence-corrected chi connectivity index (χ3v) is 3.91. The van der Waals surface area contributed by atoms with E-state index in [1.54, 1.807) is 4.98 Å². The lowest BCUT2D eigenvalue weighted by molar-refractivity contribution is -0.386. The maximum absolute atomic E-state index is 11.7. The predicted octanol–water partition coefficient (Wildman–Crippen LogP) is 2.25. The van der Waals surface area contributed by atoms with Crippen molar-refractivity contribution in [1.29, 1.82) is 0 Å². The highest BCUT2D eigenvalue weighted by Crippen LogP contribution is 2.35. The Hall–Kier alpha value is -4.81. The summed E-state index contributed by atoms with van der Waals surface area (Å²) in [7, 11) is 1.35. The van der Waals surface area contributed by atoms with Crippen LogP contribution in [0.15, 0.2) is 46.1 Å². The molecule has 2 heterocycles. The molecule has 0 saturated carbocycles. The van der Waals surface area contributed by atoms with Crippen molar-refractivity contribution < 1.29 is 19.3 Å². The highest BCUT2D eigenvalue weighted by atomic mass is 16.6. The number of rotatable bonds is 7. The Bertz CT molecular complexity index is 1310. The van der Waals surface area contributed by atoms with Crippen LogP contribution in [0.5, 0.6) is 17.4 Å². The van der Waals surface area contributed by atoms with Gasteiger partial charge in [0.1, 0.15) is 5.69 Å². The fourth-order valence-corrected chi connectivity index (χ4v) is 2.56. The molecule has 0 aliphatic heterocycles. The first-order chi connectivity index (χ1) is 14.8. The number of hydrogen-bond donors (Lipinski definition) is 2. The van der Waals surface area contributed by atoms with Gasteiger partial charge in [-0.25, -0.2) is 9.78 Å². The average Bonchev–Trinajstić information content (AvgIpc) is 2.72. The second-order valence-corrected chi connectivity index (χ2v) is 5.86. The first-order valence-electron chi connectivity index (χ1n) is 8.44. The quantitative estimate of drug-likeness (QED) is 0.421. The average molecular weight is 427 g/mol. The van der Waals surface area contributed by atoms with Crippen molar-refractivity contribution in [2.45, 2.75) is 0 Å². The van der Waals surface area contributed by atoms with E-state index < -0.39 is 26.8 Å². The smallest absolute Gasteiger partial charge is 0.357 e. The zero-order chi connectivity index (χ0) is 22.5. The summed E-state index contributed by atoms with van der Waals surface area (Å²) in [5, 5.41) is 22.2. The Kier molecular flexibility index (Phi) is 5.86. The molecule has 0 bridgehead atoms. The van der Waals surface area contributed by atoms with Crippen molar-refractivity contribution in [3.8, 4) is 17.4 Å². The number of aromatic nitrogens is 3. The lowest BCUT2D eigenvalue weighted by Gasteiger charge is -2.10. The fraction of sp³-hybridized carbons (Fsp3) is 0.0556. The van der Waals surface area contributed by atoms with E-state index in [-0.39, 0.29) is 28.8 Å². The number of nitro groups is 2. The van der Waals surface area contributed by atoms with Crippen LogP contribution in [0, 0.1) is 20.2 Å². The second kappa shape index (κ2) is 8.69. The molecule has 0 amide bonds. The monoisotopic (exact) mass is 427 g/mol. The lowest BCUT2D eigenvalue weighted by Crippen LogP contribution is -2.25. The molecule has 31 heavy (non-hydrogen) atoms. The predicted molar refractivity (Wildman–Crippen MR) is 107 cm³/mol. The van der Waals surface area contributed by atoms with Crippen molar-refractivity contribution >= 4 is 23.5 Å². The number of nitrogens with zero attached hydrogens (tertiary/aromatic N) is 3. The SMILES string of the molecule is COc1cc(/C=C/c2[nH]c(=O)[nH]c(=O)c2[N+](=O)[O-])ccc1Oc1ncccc1[N+](=O)[O-]. The molecule has 13 nitrogen and oxygen atoms in total. The highest BCUT2D eigenvalue weighted by molar-refractivity contribution is 5.72. The molecule has 0 radical (unpaired) electrons. The van der Waals surface area contributed by atoms with E-state index in [9.17, 15) is 29.8 Å². The minimum atomic E-state index is -1.13. The first kappa shape index (κ1) is 20.9. The molecule has 158 valence electrons. The Morgan fingerprint density at radius 3 is 2.48 bits per heavy atom. The Balaban J connectivity index is 1.95. The van der Waals surface area contributed by atoms with Gasteiger partial charge in [-0.15, -0.1) is 0 Å². The van der Waals surface area contributed by atoms with Crippen molar-refractivity contribution in [2.75, 3.05) is 7.11 Å². The number of nitrogens with one attached hydrogen (secondary N) is 2. The topological polar surface area (TPSA) is 183 Å². The first-order valence-corrected chi connectivity index (χ1v) is 8.44. The molecular weight excluding hydrogens is 414 g/mol. The van der Waals surface area contributed by atoms with Gasteiger partial charge in [-0.1, -0.05) is 12.1 Å². The number of hydrogen-bond acceptors (Lipinski definition) is 9. The molecule has 2 aromatic heterocycles. The number of benzene rings is 1. The van der Waals surface area contributed by atoms with Crippen LogP contribution in [0.1, 0.15) is 11.3 Å². The van der Waals surface area contributed by atoms with Gasteiger partial charge in [0.25, 0.3) is 5.88 Å². The Labute approximate surface area is 171 Å². The molecule has 1 aromatic carbocycles. The lowest BCUT2D eigenvalue weighted by atomic mass is 10.1. The summed E-state index contributed by atoms with van der Waals surface area (Å²) in [6.45, 7) is 0. The zero-order valence-electron chi connectivity index (χ0n) is 15.7. The van der Waals surface area contributed by atoms with Gasteiger partial charge in [0.2, 0.25) is 0 Å². The second-order valence-electron chi connectivity index (χ2n) is 5.86. The number of pyridine rings is 1. The summed E-state index contributed by atoms with van der Waals surface area (Å²) in [5.74, 6) is 0.0961. The van der Waals surface area contributed by atoms with Gasteiger partial charge < -0.3 is 14.5 Å². The van der Waals surface area contributed by atoms with Gasteiger partial charge >= 0.3 is 22.6 Å². The fourth-order valence-electron chi connectivity index (χ4n) is 2.56. The molecule has 0 aliphatic rings. The van der Waals surface area contributed by atoms with E-state index in [1.807, 2.05) is 0 Å². The summed E-state index contributed by atoms with van der Waals surface area (Å²) in [4.78, 5) is 51.6. The van der Waals surface area contributed by atoms with E-state index in [2.05, 4.69) is 9.97 Å². The van der Waals surface area contributed by atoms with E-state index >= 15 is 0 Å². The molecule has 0 aliphatic carbocycles. The maximum Gasteiger partial charge on any atom is 0.357 e. The van der Waals surface area contributed by atoms with Crippen molar-refractivity contribution in [3.63, 3.8) is 0 Å². The summed E-state index contributed by atoms with van der Waals surface area (Å²) >= 11 is 0. The van der Waals surface area contributed by atoms with Crippen molar-refractivity contribution in [3.05, 3.63) is 88.9 Å². The number of aromatic amines is 2. The molecule has 0 atom stereocenters. The summed E-state index contributed by atoms with van der Waals surface area (Å²) in [6.07, 6.45) is 3.92. The minimum Gasteiger partial charge on any atom is -0.493 e. The van der Waals surface area contributed by atoms with Crippen LogP contribution in [-0.4, -0.2) is 31.9 Å². The molecule has 2 N–H and O–H groups in total. The Morgan fingerprint density at radius 1 is 1.03 bits per heavy atom. The van der Waals surface area contributed by atoms with Gasteiger partial charge in [-0.2, -0.15) is 0 Å². The van der Waals surface area contributed by atoms with E-state index in [0.717, 1.165) is 0 Å². The normalized spacial score (nSPS) is 10.7. The molecule has 13 heteroatoms. The number of H-pyrrole nitrogens is 2. The van der Waals surface area contributed by atoms with Gasteiger partial charge in [-0.3, -0.25) is 30.0 Å². The molecule has 0 spiro atoms. The molecule has 0 saturated heterocycles. The van der Waals surface area contributed by atoms with Gasteiger partial charge in [-0.05, 0) is 29.8 Å². The van der Waals surface area contributed by atoms with Gasteiger partial charge in [0, 0.05) is 12.3 Å². The summed E-state index contributed by atoms with van der Waals surface area (Å²) in [6, 6.07) is 7.10. The number of methoxy groups -OCH3 is 1. The van der Waals surface area contributed by atoms with Crippen LogP contribution in [0.25, 0.3) is 12.2 Å². The van der Waals surface area contributed by atoms with Crippen LogP contribution < -0.4 is 20.7 Å². The standard InChI is InChI=1S/C18H13N5O8/c1-30-14-9-10(4-6-11-15(23(28)29)16(24)21-18(25)20-11)5-7-13(14)31-17-12(22(26)27)3-2-8-19-17/h2-9H,1H3,(H2,20,21,24,25)/b6-4+. The van der Waals surface area contributed by atoms with Crippen LogP contribution in [0.3, 0.4) is 0 Å². The Morgan fingerprint density at radius 2 is 1.81 bits per heavy atom. The third kappa shape index (κ3) is 4.61. The minimum absolute atomic E-state index is 0.136. The summed E-state index contributed by atoms with van der Waals surface area (Å²) < 4.78 is 10.7. The molecule has 0 fully saturated rings. The molecule has 3 rings (SSSR count). The van der Waals surface area contributed by atoms with E-state index in [4.69, 9.17) is 9.47 Å². The van der Waals surface area contributed by atoms with Gasteiger partial charge in [0.15, 0.2) is 11.5 Å². The zero-order valence-corrected chi connectivity index (χ0v) is 15.7.